The van der Waals surface area contributed by atoms with Crippen molar-refractivity contribution in [3.05, 3.63) is 106 Å². The third-order valence-electron chi connectivity index (χ3n) is 7.95. The van der Waals surface area contributed by atoms with Gasteiger partial charge < -0.3 is 4.90 Å². The summed E-state index contributed by atoms with van der Waals surface area (Å²) < 4.78 is 1.72. The first-order valence-corrected chi connectivity index (χ1v) is 14.6. The fourth-order valence-electron chi connectivity index (χ4n) is 5.54. The molecule has 1 aliphatic heterocycles. The maximum Gasteiger partial charge on any atom is 0.255 e. The topological polar surface area (TPSA) is 58.4 Å². The molecule has 0 atom stereocenters. The molecule has 0 radical (unpaired) electrons. The monoisotopic (exact) mass is 564 g/mol. The quantitative estimate of drug-likeness (QED) is 0.216. The van der Waals surface area contributed by atoms with E-state index in [-0.39, 0.29) is 11.5 Å². The second-order valence-electron chi connectivity index (χ2n) is 11.2. The second kappa shape index (κ2) is 11.5. The predicted octanol–water partition coefficient (Wildman–Crippen LogP) is 6.66. The average molecular weight is 565 g/mol. The van der Waals surface area contributed by atoms with Crippen molar-refractivity contribution in [3.63, 3.8) is 0 Å². The number of halogens is 1. The van der Waals surface area contributed by atoms with E-state index >= 15 is 0 Å². The van der Waals surface area contributed by atoms with Gasteiger partial charge >= 0.3 is 0 Å². The summed E-state index contributed by atoms with van der Waals surface area (Å²) in [5.74, 6) is 0.717. The number of pyridine rings is 2. The number of hydrogen-bond donors (Lipinski definition) is 0. The van der Waals surface area contributed by atoms with Gasteiger partial charge in [-0.1, -0.05) is 43.6 Å². The number of aromatic nitrogens is 2. The molecule has 6 nitrogen and oxygen atoms in total. The van der Waals surface area contributed by atoms with E-state index in [0.717, 1.165) is 65.7 Å². The van der Waals surface area contributed by atoms with Crippen LogP contribution in [0.1, 0.15) is 30.6 Å². The Kier molecular flexibility index (Phi) is 7.61. The zero-order valence-corrected chi connectivity index (χ0v) is 24.1. The molecule has 7 heteroatoms. The summed E-state index contributed by atoms with van der Waals surface area (Å²) in [4.78, 5) is 35.6. The number of carbonyl (C=O) groups excluding carboxylic acids is 1. The second-order valence-corrected chi connectivity index (χ2v) is 11.6. The van der Waals surface area contributed by atoms with Crippen LogP contribution < -0.4 is 5.56 Å². The number of fused-ring (bicyclic) bond motifs is 3. The predicted molar refractivity (Wildman–Crippen MR) is 167 cm³/mol. The van der Waals surface area contributed by atoms with Crippen molar-refractivity contribution in [1.29, 1.82) is 0 Å². The molecule has 0 aliphatic carbocycles. The number of benzene rings is 3. The molecule has 3 heterocycles. The number of hydrogen-bond acceptors (Lipinski definition) is 4. The smallest absolute Gasteiger partial charge is 0.255 e. The molecule has 1 amide bonds. The lowest BCUT2D eigenvalue weighted by Gasteiger charge is -2.35. The van der Waals surface area contributed by atoms with Crippen LogP contribution in [0.15, 0.2) is 89.9 Å². The maximum atomic E-state index is 13.3. The average Bonchev–Trinajstić information content (AvgIpc) is 3.00. The van der Waals surface area contributed by atoms with Gasteiger partial charge in [-0.15, -0.1) is 0 Å². The Bertz CT molecular complexity index is 1770. The summed E-state index contributed by atoms with van der Waals surface area (Å²) >= 11 is 6.11. The molecular weight excluding hydrogens is 532 g/mol. The van der Waals surface area contributed by atoms with Gasteiger partial charge in [0.1, 0.15) is 0 Å². The van der Waals surface area contributed by atoms with Crippen molar-refractivity contribution >= 4 is 39.3 Å². The minimum absolute atomic E-state index is 0.0348. The standard InChI is InChI=1S/C34H33ClN4O2/c1-23(2)15-16-37-17-19-38(20-18-37)34(41)25-5-11-29(12-6-25)39-32(40)14-8-27-22-36-31-13-7-26(21-30(31)33(27)39)24-3-9-28(35)10-4-24/h3-14,21-23H,15-20H2,1-2H3. The molecule has 208 valence electrons. The highest BCUT2D eigenvalue weighted by atomic mass is 35.5. The van der Waals surface area contributed by atoms with E-state index in [4.69, 9.17) is 11.6 Å². The lowest BCUT2D eigenvalue weighted by atomic mass is 10.0. The summed E-state index contributed by atoms with van der Waals surface area (Å²) in [6.45, 7) is 8.84. The summed E-state index contributed by atoms with van der Waals surface area (Å²) in [5, 5.41) is 2.42. The Balaban J connectivity index is 1.32. The normalized spacial score (nSPS) is 14.3. The van der Waals surface area contributed by atoms with Crippen LogP contribution in [-0.2, 0) is 0 Å². The molecule has 0 unspecified atom stereocenters. The number of rotatable bonds is 6. The number of piperazine rings is 1. The van der Waals surface area contributed by atoms with Gasteiger partial charge in [-0.05, 0) is 84.6 Å². The SMILES string of the molecule is CC(C)CCN1CCN(C(=O)c2ccc(-n3c(=O)ccc4cnc5ccc(-c6ccc(Cl)cc6)cc5c43)cc2)CC1. The van der Waals surface area contributed by atoms with Crippen molar-refractivity contribution < 1.29 is 4.79 Å². The first-order chi connectivity index (χ1) is 19.9. The molecule has 0 N–H and O–H groups in total. The van der Waals surface area contributed by atoms with Crippen LogP contribution in [0.25, 0.3) is 38.6 Å². The van der Waals surface area contributed by atoms with E-state index in [1.807, 2.05) is 71.6 Å². The molecule has 0 spiro atoms. The van der Waals surface area contributed by atoms with Gasteiger partial charge in [-0.25, -0.2) is 0 Å². The molecule has 1 fully saturated rings. The highest BCUT2D eigenvalue weighted by Gasteiger charge is 2.22. The zero-order chi connectivity index (χ0) is 28.5. The molecule has 5 aromatic rings. The Morgan fingerprint density at radius 2 is 1.59 bits per heavy atom. The molecule has 0 saturated carbocycles. The van der Waals surface area contributed by atoms with E-state index in [9.17, 15) is 9.59 Å². The number of carbonyl (C=O) groups is 1. The third kappa shape index (κ3) is 5.63. The van der Waals surface area contributed by atoms with Gasteiger partial charge in [-0.3, -0.25) is 24.0 Å². The highest BCUT2D eigenvalue weighted by Crippen LogP contribution is 2.30. The first-order valence-electron chi connectivity index (χ1n) is 14.2. The zero-order valence-electron chi connectivity index (χ0n) is 23.4. The van der Waals surface area contributed by atoms with Crippen LogP contribution in [0.4, 0.5) is 0 Å². The minimum Gasteiger partial charge on any atom is -0.336 e. The number of amides is 1. The van der Waals surface area contributed by atoms with Crippen molar-refractivity contribution in [2.24, 2.45) is 5.92 Å². The first kappa shape index (κ1) is 27.2. The molecule has 0 bridgehead atoms. The van der Waals surface area contributed by atoms with Crippen molar-refractivity contribution in [2.45, 2.75) is 20.3 Å². The molecular formula is C34H33ClN4O2. The maximum absolute atomic E-state index is 13.3. The fraction of sp³-hybridized carbons (Fsp3) is 0.265. The van der Waals surface area contributed by atoms with Crippen LogP contribution in [0.2, 0.25) is 5.02 Å². The van der Waals surface area contributed by atoms with E-state index in [2.05, 4.69) is 29.8 Å². The molecule has 1 aliphatic rings. The van der Waals surface area contributed by atoms with Crippen molar-refractivity contribution in [1.82, 2.24) is 19.4 Å². The van der Waals surface area contributed by atoms with Gasteiger partial charge in [0.15, 0.2) is 0 Å². The Labute approximate surface area is 244 Å². The van der Waals surface area contributed by atoms with E-state index < -0.39 is 0 Å². The lowest BCUT2D eigenvalue weighted by Crippen LogP contribution is -2.49. The fourth-order valence-corrected chi connectivity index (χ4v) is 5.67. The van der Waals surface area contributed by atoms with Gasteiger partial charge in [-0.2, -0.15) is 0 Å². The van der Waals surface area contributed by atoms with Crippen LogP contribution >= 0.6 is 11.6 Å². The van der Waals surface area contributed by atoms with E-state index in [1.54, 1.807) is 16.8 Å². The summed E-state index contributed by atoms with van der Waals surface area (Å²) in [5.41, 5.74) is 4.83. The van der Waals surface area contributed by atoms with Crippen LogP contribution in [-0.4, -0.2) is 58.0 Å². The van der Waals surface area contributed by atoms with Crippen LogP contribution in [0, 0.1) is 5.92 Å². The third-order valence-corrected chi connectivity index (χ3v) is 8.20. The largest absolute Gasteiger partial charge is 0.336 e. The van der Waals surface area contributed by atoms with Gasteiger partial charge in [0.05, 0.1) is 11.0 Å². The summed E-state index contributed by atoms with van der Waals surface area (Å²) in [6, 6.07) is 24.5. The van der Waals surface area contributed by atoms with Crippen LogP contribution in [0.5, 0.6) is 0 Å². The Morgan fingerprint density at radius 1 is 0.878 bits per heavy atom. The highest BCUT2D eigenvalue weighted by molar-refractivity contribution is 6.30. The summed E-state index contributed by atoms with van der Waals surface area (Å²) in [6.07, 6.45) is 2.98. The Hall–Kier alpha value is -4.00. The van der Waals surface area contributed by atoms with E-state index in [1.165, 1.54) is 6.42 Å². The number of nitrogens with zero attached hydrogens (tertiary/aromatic N) is 4. The summed E-state index contributed by atoms with van der Waals surface area (Å²) in [7, 11) is 0. The van der Waals surface area contributed by atoms with Gasteiger partial charge in [0.25, 0.3) is 11.5 Å². The molecule has 6 rings (SSSR count). The Morgan fingerprint density at radius 3 is 2.29 bits per heavy atom. The van der Waals surface area contributed by atoms with Crippen molar-refractivity contribution in [2.75, 3.05) is 32.7 Å². The molecule has 3 aromatic carbocycles. The van der Waals surface area contributed by atoms with Gasteiger partial charge in [0.2, 0.25) is 0 Å². The minimum atomic E-state index is -0.140. The lowest BCUT2D eigenvalue weighted by molar-refractivity contribution is 0.0632. The van der Waals surface area contributed by atoms with E-state index in [0.29, 0.717) is 22.2 Å². The molecule has 1 saturated heterocycles. The van der Waals surface area contributed by atoms with Gasteiger partial charge in [0, 0.05) is 65.5 Å². The molecule has 41 heavy (non-hydrogen) atoms. The molecule has 2 aromatic heterocycles. The van der Waals surface area contributed by atoms with Crippen molar-refractivity contribution in [3.8, 4) is 16.8 Å². The van der Waals surface area contributed by atoms with Crippen LogP contribution in [0.3, 0.4) is 0 Å².